The van der Waals surface area contributed by atoms with Gasteiger partial charge in [0.2, 0.25) is 0 Å². The molecule has 0 radical (unpaired) electrons. The van der Waals surface area contributed by atoms with Gasteiger partial charge in [0, 0.05) is 5.56 Å². The molecule has 0 spiro atoms. The summed E-state index contributed by atoms with van der Waals surface area (Å²) in [4.78, 5) is 12.6. The highest BCUT2D eigenvalue weighted by Crippen LogP contribution is 2.39. The van der Waals surface area contributed by atoms with Crippen molar-refractivity contribution in [2.45, 2.75) is 64.7 Å². The summed E-state index contributed by atoms with van der Waals surface area (Å²) >= 11 is 0. The summed E-state index contributed by atoms with van der Waals surface area (Å²) in [7, 11) is 0. The van der Waals surface area contributed by atoms with Crippen LogP contribution in [0.5, 0.6) is 5.75 Å². The highest BCUT2D eigenvalue weighted by molar-refractivity contribution is 5.91. The second-order valence-electron chi connectivity index (χ2n) is 9.42. The monoisotopic (exact) mass is 480 g/mol. The maximum absolute atomic E-state index is 14.9. The lowest BCUT2D eigenvalue weighted by Crippen LogP contribution is -2.17. The molecule has 1 aliphatic carbocycles. The fourth-order valence-electron chi connectivity index (χ4n) is 5.08. The number of halogens is 3. The predicted octanol–water partition coefficient (Wildman–Crippen LogP) is 8.63. The van der Waals surface area contributed by atoms with Crippen LogP contribution >= 0.6 is 0 Å². The Balaban J connectivity index is 1.45. The molecule has 1 fully saturated rings. The zero-order valence-electron chi connectivity index (χ0n) is 20.3. The van der Waals surface area contributed by atoms with E-state index in [1.807, 2.05) is 13.0 Å². The van der Waals surface area contributed by atoms with Crippen molar-refractivity contribution in [2.24, 2.45) is 5.92 Å². The molecule has 184 valence electrons. The molecule has 3 aromatic carbocycles. The molecule has 0 N–H and O–H groups in total. The van der Waals surface area contributed by atoms with E-state index in [2.05, 4.69) is 6.92 Å². The summed E-state index contributed by atoms with van der Waals surface area (Å²) in [5.74, 6) is -2.62. The van der Waals surface area contributed by atoms with Gasteiger partial charge in [-0.05, 0) is 84.9 Å². The van der Waals surface area contributed by atoms with E-state index in [0.29, 0.717) is 22.6 Å². The van der Waals surface area contributed by atoms with E-state index in [1.54, 1.807) is 18.2 Å². The van der Waals surface area contributed by atoms with Crippen LogP contribution in [0.3, 0.4) is 0 Å². The summed E-state index contributed by atoms with van der Waals surface area (Å²) < 4.78 is 49.4. The third-order valence-electron chi connectivity index (χ3n) is 7.13. The molecule has 1 aliphatic rings. The molecule has 0 aliphatic heterocycles. The van der Waals surface area contributed by atoms with Gasteiger partial charge >= 0.3 is 5.97 Å². The third kappa shape index (κ3) is 5.61. The topological polar surface area (TPSA) is 26.3 Å². The quantitative estimate of drug-likeness (QED) is 0.250. The van der Waals surface area contributed by atoms with E-state index >= 15 is 0 Å². The number of esters is 1. The number of ether oxygens (including phenoxy) is 1. The Morgan fingerprint density at radius 3 is 2.23 bits per heavy atom. The lowest BCUT2D eigenvalue weighted by Gasteiger charge is -2.29. The molecule has 0 saturated heterocycles. The summed E-state index contributed by atoms with van der Waals surface area (Å²) in [5.41, 5.74) is 1.87. The normalized spacial score (nSPS) is 17.9. The van der Waals surface area contributed by atoms with E-state index in [0.717, 1.165) is 44.1 Å². The highest BCUT2D eigenvalue weighted by atomic mass is 19.2. The maximum atomic E-state index is 14.9. The van der Waals surface area contributed by atoms with Gasteiger partial charge in [-0.2, -0.15) is 0 Å². The summed E-state index contributed by atoms with van der Waals surface area (Å²) in [6, 6.07) is 14.2. The average Bonchev–Trinajstić information content (AvgIpc) is 2.87. The van der Waals surface area contributed by atoms with Gasteiger partial charge in [-0.15, -0.1) is 0 Å². The Bertz CT molecular complexity index is 1180. The lowest BCUT2D eigenvalue weighted by molar-refractivity contribution is 0.0728. The molecular formula is C30H31F3O2. The molecule has 4 rings (SSSR count). The number of carbonyl (C=O) groups excluding carboxylic acids is 1. The van der Waals surface area contributed by atoms with Gasteiger partial charge in [0.25, 0.3) is 0 Å². The van der Waals surface area contributed by atoms with Crippen LogP contribution in [-0.2, 0) is 6.42 Å². The van der Waals surface area contributed by atoms with Crippen molar-refractivity contribution < 1.29 is 22.7 Å². The van der Waals surface area contributed by atoms with Gasteiger partial charge in [-0.25, -0.2) is 18.0 Å². The minimum absolute atomic E-state index is 0.0259. The Hall–Kier alpha value is -3.08. The van der Waals surface area contributed by atoms with Crippen molar-refractivity contribution >= 4 is 5.97 Å². The standard InChI is InChI=1S/C30H31F3O2/c1-3-5-20-6-9-22(10-7-20)25-16-17-26(29(33)28(25)32)30(34)35-23-13-11-21(12-14-23)24-15-8-19(4-2)18-27(24)31/h8,11-18,20,22H,3-7,9-10H2,1-2H3. The Kier molecular flexibility index (Phi) is 7.94. The molecule has 2 nitrogen and oxygen atoms in total. The van der Waals surface area contributed by atoms with Gasteiger partial charge in [0.15, 0.2) is 11.6 Å². The summed E-state index contributed by atoms with van der Waals surface area (Å²) in [5, 5.41) is 0. The molecule has 35 heavy (non-hydrogen) atoms. The van der Waals surface area contributed by atoms with E-state index in [9.17, 15) is 18.0 Å². The van der Waals surface area contributed by atoms with Gasteiger partial charge < -0.3 is 4.74 Å². The molecule has 0 unspecified atom stereocenters. The zero-order chi connectivity index (χ0) is 24.9. The Labute approximate surface area is 205 Å². The fraction of sp³-hybridized carbons (Fsp3) is 0.367. The molecule has 0 bridgehead atoms. The SMILES string of the molecule is CCCC1CCC(c2ccc(C(=O)Oc3ccc(-c4ccc(CC)cc4F)cc3)c(F)c2F)CC1. The fourth-order valence-corrected chi connectivity index (χ4v) is 5.08. The third-order valence-corrected chi connectivity index (χ3v) is 7.13. The van der Waals surface area contributed by atoms with Crippen molar-refractivity contribution in [3.8, 4) is 16.9 Å². The lowest BCUT2D eigenvalue weighted by atomic mass is 9.77. The van der Waals surface area contributed by atoms with Gasteiger partial charge in [0.1, 0.15) is 11.6 Å². The second-order valence-corrected chi connectivity index (χ2v) is 9.42. The number of rotatable bonds is 7. The summed E-state index contributed by atoms with van der Waals surface area (Å²) in [6.45, 7) is 4.12. The maximum Gasteiger partial charge on any atom is 0.346 e. The van der Waals surface area contributed by atoms with Crippen LogP contribution in [0.2, 0.25) is 0 Å². The van der Waals surface area contributed by atoms with Crippen molar-refractivity contribution in [2.75, 3.05) is 0 Å². The van der Waals surface area contributed by atoms with Crippen molar-refractivity contribution in [1.82, 2.24) is 0 Å². The van der Waals surface area contributed by atoms with Crippen LogP contribution in [0.25, 0.3) is 11.1 Å². The summed E-state index contributed by atoms with van der Waals surface area (Å²) in [6.07, 6.45) is 6.76. The van der Waals surface area contributed by atoms with E-state index in [-0.39, 0.29) is 17.5 Å². The number of aryl methyl sites for hydroxylation is 1. The van der Waals surface area contributed by atoms with Crippen LogP contribution in [0, 0.1) is 23.4 Å². The van der Waals surface area contributed by atoms with Crippen LogP contribution in [0.1, 0.15) is 79.8 Å². The molecule has 0 atom stereocenters. The minimum atomic E-state index is -1.17. The van der Waals surface area contributed by atoms with Crippen molar-refractivity contribution in [3.05, 3.63) is 88.7 Å². The smallest absolute Gasteiger partial charge is 0.346 e. The van der Waals surface area contributed by atoms with E-state index < -0.39 is 23.2 Å². The molecule has 1 saturated carbocycles. The number of carbonyl (C=O) groups is 1. The van der Waals surface area contributed by atoms with Crippen LogP contribution in [-0.4, -0.2) is 5.97 Å². The van der Waals surface area contributed by atoms with Gasteiger partial charge in [-0.1, -0.05) is 57.0 Å². The average molecular weight is 481 g/mol. The predicted molar refractivity (Wildman–Crippen MR) is 132 cm³/mol. The molecule has 5 heteroatoms. The van der Waals surface area contributed by atoms with Crippen molar-refractivity contribution in [3.63, 3.8) is 0 Å². The number of hydrogen-bond donors (Lipinski definition) is 0. The first-order chi connectivity index (χ1) is 16.9. The van der Waals surface area contributed by atoms with Crippen LogP contribution in [0.15, 0.2) is 54.6 Å². The van der Waals surface area contributed by atoms with E-state index in [1.165, 1.54) is 36.8 Å². The Morgan fingerprint density at radius 2 is 1.60 bits per heavy atom. The zero-order valence-corrected chi connectivity index (χ0v) is 20.3. The van der Waals surface area contributed by atoms with E-state index in [4.69, 9.17) is 4.74 Å². The first kappa shape index (κ1) is 25.0. The second kappa shape index (κ2) is 11.1. The van der Waals surface area contributed by atoms with Crippen molar-refractivity contribution in [1.29, 1.82) is 0 Å². The molecule has 0 aromatic heterocycles. The molecule has 3 aromatic rings. The first-order valence-corrected chi connectivity index (χ1v) is 12.5. The Morgan fingerprint density at radius 1 is 0.886 bits per heavy atom. The van der Waals surface area contributed by atoms with Gasteiger partial charge in [-0.3, -0.25) is 0 Å². The highest BCUT2D eigenvalue weighted by Gasteiger charge is 2.27. The minimum Gasteiger partial charge on any atom is -0.423 e. The van der Waals surface area contributed by atoms with Crippen LogP contribution < -0.4 is 4.74 Å². The number of benzene rings is 3. The first-order valence-electron chi connectivity index (χ1n) is 12.5. The van der Waals surface area contributed by atoms with Gasteiger partial charge in [0.05, 0.1) is 5.56 Å². The molecule has 0 heterocycles. The molecule has 0 amide bonds. The number of hydrogen-bond acceptors (Lipinski definition) is 2. The van der Waals surface area contributed by atoms with Crippen LogP contribution in [0.4, 0.5) is 13.2 Å². The largest absolute Gasteiger partial charge is 0.423 e. The molecular weight excluding hydrogens is 449 g/mol.